The SMILES string of the molecule is O=S(=O)(NCC(Br)c1ccccc1)c1ccc(Cl)c(Br)c1. The van der Waals surface area contributed by atoms with Crippen molar-refractivity contribution in [2.45, 2.75) is 9.72 Å². The Hall–Kier alpha value is -0.400. The van der Waals surface area contributed by atoms with E-state index in [1.54, 1.807) is 6.07 Å². The zero-order valence-electron chi connectivity index (χ0n) is 10.8. The van der Waals surface area contributed by atoms with Crippen molar-refractivity contribution < 1.29 is 8.42 Å². The van der Waals surface area contributed by atoms with Gasteiger partial charge in [-0.3, -0.25) is 0 Å². The van der Waals surface area contributed by atoms with Crippen molar-refractivity contribution in [2.75, 3.05) is 6.54 Å². The van der Waals surface area contributed by atoms with Gasteiger partial charge < -0.3 is 0 Å². The summed E-state index contributed by atoms with van der Waals surface area (Å²) in [7, 11) is -3.57. The molecule has 0 aromatic heterocycles. The third-order valence-corrected chi connectivity index (χ3v) is 6.30. The van der Waals surface area contributed by atoms with Crippen LogP contribution in [0.3, 0.4) is 0 Å². The fourth-order valence-corrected chi connectivity index (χ4v) is 4.09. The minimum atomic E-state index is -3.57. The smallest absolute Gasteiger partial charge is 0.210 e. The molecule has 112 valence electrons. The van der Waals surface area contributed by atoms with E-state index in [1.807, 2.05) is 30.3 Å². The lowest BCUT2D eigenvalue weighted by Gasteiger charge is -2.12. The lowest BCUT2D eigenvalue weighted by Crippen LogP contribution is -2.27. The molecule has 1 unspecified atom stereocenters. The number of rotatable bonds is 5. The van der Waals surface area contributed by atoms with Crippen LogP contribution in [0.1, 0.15) is 10.4 Å². The Morgan fingerprint density at radius 1 is 1.14 bits per heavy atom. The molecular formula is C14H12Br2ClNO2S. The minimum absolute atomic E-state index is 0.0933. The summed E-state index contributed by atoms with van der Waals surface area (Å²) < 4.78 is 27.6. The average molecular weight is 454 g/mol. The molecule has 0 bridgehead atoms. The van der Waals surface area contributed by atoms with Crippen LogP contribution in [0.25, 0.3) is 0 Å². The van der Waals surface area contributed by atoms with E-state index in [0.29, 0.717) is 9.50 Å². The lowest BCUT2D eigenvalue weighted by molar-refractivity contribution is 0.581. The van der Waals surface area contributed by atoms with Crippen LogP contribution in [-0.2, 0) is 10.0 Å². The molecule has 0 aliphatic rings. The maximum Gasteiger partial charge on any atom is 0.240 e. The van der Waals surface area contributed by atoms with E-state index in [4.69, 9.17) is 11.6 Å². The predicted molar refractivity (Wildman–Crippen MR) is 92.5 cm³/mol. The van der Waals surface area contributed by atoms with E-state index in [-0.39, 0.29) is 16.3 Å². The van der Waals surface area contributed by atoms with Gasteiger partial charge in [0, 0.05) is 11.0 Å². The summed E-state index contributed by atoms with van der Waals surface area (Å²) >= 11 is 12.6. The number of hydrogen-bond donors (Lipinski definition) is 1. The minimum Gasteiger partial charge on any atom is -0.210 e. The molecule has 1 N–H and O–H groups in total. The van der Waals surface area contributed by atoms with Crippen LogP contribution >= 0.6 is 43.5 Å². The first-order valence-corrected chi connectivity index (χ1v) is 9.61. The van der Waals surface area contributed by atoms with Crippen molar-refractivity contribution in [3.05, 3.63) is 63.6 Å². The van der Waals surface area contributed by atoms with Crippen LogP contribution in [0, 0.1) is 0 Å². The van der Waals surface area contributed by atoms with Crippen molar-refractivity contribution in [3.63, 3.8) is 0 Å². The van der Waals surface area contributed by atoms with Gasteiger partial charge in [-0.25, -0.2) is 13.1 Å². The Morgan fingerprint density at radius 2 is 1.81 bits per heavy atom. The molecule has 2 aromatic rings. The predicted octanol–water partition coefficient (Wildman–Crippen LogP) is 4.52. The summed E-state index contributed by atoms with van der Waals surface area (Å²) in [6.07, 6.45) is 0. The number of hydrogen-bond acceptors (Lipinski definition) is 2. The van der Waals surface area contributed by atoms with Gasteiger partial charge in [-0.1, -0.05) is 57.9 Å². The Bertz CT molecular complexity index is 723. The number of benzene rings is 2. The first kappa shape index (κ1) is 17.0. The van der Waals surface area contributed by atoms with Gasteiger partial charge in [-0.05, 0) is 39.7 Å². The summed E-state index contributed by atoms with van der Waals surface area (Å²) in [4.78, 5) is 0.0794. The first-order chi connectivity index (χ1) is 9.90. The Labute approximate surface area is 146 Å². The number of nitrogens with one attached hydrogen (secondary N) is 1. The van der Waals surface area contributed by atoms with Crippen LogP contribution < -0.4 is 4.72 Å². The van der Waals surface area contributed by atoms with E-state index in [0.717, 1.165) is 5.56 Å². The highest BCUT2D eigenvalue weighted by Gasteiger charge is 2.17. The van der Waals surface area contributed by atoms with Crippen LogP contribution in [0.2, 0.25) is 5.02 Å². The summed E-state index contributed by atoms with van der Waals surface area (Å²) in [5.74, 6) is 0. The molecule has 2 rings (SSSR count). The van der Waals surface area contributed by atoms with Crippen LogP contribution in [0.5, 0.6) is 0 Å². The van der Waals surface area contributed by atoms with Gasteiger partial charge in [0.25, 0.3) is 0 Å². The van der Waals surface area contributed by atoms with Gasteiger partial charge in [0.15, 0.2) is 0 Å². The molecule has 0 fully saturated rings. The van der Waals surface area contributed by atoms with Gasteiger partial charge in [0.05, 0.1) is 14.7 Å². The Morgan fingerprint density at radius 3 is 2.43 bits per heavy atom. The largest absolute Gasteiger partial charge is 0.240 e. The zero-order valence-corrected chi connectivity index (χ0v) is 15.5. The third-order valence-electron chi connectivity index (χ3n) is 2.82. The normalized spacial score (nSPS) is 13.1. The van der Waals surface area contributed by atoms with E-state index in [9.17, 15) is 8.42 Å². The maximum absolute atomic E-state index is 12.2. The van der Waals surface area contributed by atoms with Gasteiger partial charge in [-0.15, -0.1) is 0 Å². The summed E-state index contributed by atoms with van der Waals surface area (Å²) in [5, 5.41) is 0.469. The molecule has 0 radical (unpaired) electrons. The molecule has 3 nitrogen and oxygen atoms in total. The highest BCUT2D eigenvalue weighted by Crippen LogP contribution is 2.26. The number of alkyl halides is 1. The van der Waals surface area contributed by atoms with Gasteiger partial charge in [0.1, 0.15) is 0 Å². The molecular weight excluding hydrogens is 441 g/mol. The molecule has 7 heteroatoms. The van der Waals surface area contributed by atoms with E-state index >= 15 is 0 Å². The monoisotopic (exact) mass is 451 g/mol. The third kappa shape index (κ3) is 4.53. The average Bonchev–Trinajstić information content (AvgIpc) is 2.48. The second kappa shape index (κ2) is 7.24. The molecule has 2 aromatic carbocycles. The van der Waals surface area contributed by atoms with Crippen LogP contribution in [0.15, 0.2) is 57.9 Å². The lowest BCUT2D eigenvalue weighted by atomic mass is 10.2. The molecule has 0 saturated heterocycles. The van der Waals surface area contributed by atoms with Gasteiger partial charge in [-0.2, -0.15) is 0 Å². The topological polar surface area (TPSA) is 46.2 Å². The Kier molecular flexibility index (Phi) is 5.85. The summed E-state index contributed by atoms with van der Waals surface area (Å²) in [6, 6.07) is 14.1. The van der Waals surface area contributed by atoms with Crippen molar-refractivity contribution in [3.8, 4) is 0 Å². The second-order valence-corrected chi connectivity index (χ2v) is 8.44. The standard InChI is InChI=1S/C14H12Br2ClNO2S/c15-12-8-11(6-7-14(12)17)21(19,20)18-9-13(16)10-4-2-1-3-5-10/h1-8,13,18H,9H2. The van der Waals surface area contributed by atoms with Crippen LogP contribution in [-0.4, -0.2) is 15.0 Å². The highest BCUT2D eigenvalue weighted by atomic mass is 79.9. The summed E-state index contributed by atoms with van der Waals surface area (Å²) in [6.45, 7) is 0.257. The zero-order chi connectivity index (χ0) is 15.5. The van der Waals surface area contributed by atoms with Crippen molar-refractivity contribution >= 4 is 53.5 Å². The molecule has 21 heavy (non-hydrogen) atoms. The Balaban J connectivity index is 2.09. The van der Waals surface area contributed by atoms with Crippen molar-refractivity contribution in [1.29, 1.82) is 0 Å². The number of sulfonamides is 1. The van der Waals surface area contributed by atoms with Crippen molar-refractivity contribution in [1.82, 2.24) is 4.72 Å². The first-order valence-electron chi connectivity index (χ1n) is 6.04. The molecule has 0 spiro atoms. The fourth-order valence-electron chi connectivity index (χ4n) is 1.69. The van der Waals surface area contributed by atoms with E-state index in [2.05, 4.69) is 36.6 Å². The second-order valence-electron chi connectivity index (χ2n) is 4.31. The quantitative estimate of drug-likeness (QED) is 0.677. The van der Waals surface area contributed by atoms with Gasteiger partial charge >= 0.3 is 0 Å². The number of halogens is 3. The fraction of sp³-hybridized carbons (Fsp3) is 0.143. The molecule has 0 amide bonds. The summed E-state index contributed by atoms with van der Waals surface area (Å²) in [5.41, 5.74) is 1.01. The van der Waals surface area contributed by atoms with E-state index < -0.39 is 10.0 Å². The van der Waals surface area contributed by atoms with Gasteiger partial charge in [0.2, 0.25) is 10.0 Å². The molecule has 1 atom stereocenters. The molecule has 0 aliphatic heterocycles. The molecule has 0 saturated carbocycles. The highest BCUT2D eigenvalue weighted by molar-refractivity contribution is 9.10. The van der Waals surface area contributed by atoms with Crippen LogP contribution in [0.4, 0.5) is 0 Å². The maximum atomic E-state index is 12.2. The molecule has 0 aliphatic carbocycles. The van der Waals surface area contributed by atoms with E-state index in [1.165, 1.54) is 12.1 Å². The molecule has 0 heterocycles. The van der Waals surface area contributed by atoms with Crippen molar-refractivity contribution in [2.24, 2.45) is 0 Å².